The van der Waals surface area contributed by atoms with E-state index < -0.39 is 0 Å². The van der Waals surface area contributed by atoms with Gasteiger partial charge < -0.3 is 14.5 Å². The molecule has 0 N–H and O–H groups in total. The number of piperidine rings is 2. The maximum absolute atomic E-state index is 11.7. The van der Waals surface area contributed by atoms with Crippen molar-refractivity contribution in [2.24, 2.45) is 23.7 Å². The van der Waals surface area contributed by atoms with Gasteiger partial charge in [0.1, 0.15) is 0 Å². The summed E-state index contributed by atoms with van der Waals surface area (Å²) in [6.07, 6.45) is 11.8. The van der Waals surface area contributed by atoms with Crippen LogP contribution in [0.5, 0.6) is 0 Å². The van der Waals surface area contributed by atoms with E-state index in [2.05, 4.69) is 35.8 Å². The fraction of sp³-hybridized carbons (Fsp3) is 0.684. The first kappa shape index (κ1) is 34.0. The number of ether oxygens (including phenoxy) is 1. The summed E-state index contributed by atoms with van der Waals surface area (Å²) in [6.45, 7) is 12.3. The topological polar surface area (TPSA) is 102 Å². The smallest absolute Gasteiger partial charge is 0.269 e. The van der Waals surface area contributed by atoms with Crippen LogP contribution in [0, 0.1) is 43.9 Å². The van der Waals surface area contributed by atoms with Gasteiger partial charge in [-0.15, -0.1) is 0 Å². The average Bonchev–Trinajstić information content (AvgIpc) is 3.62. The van der Waals surface area contributed by atoms with Gasteiger partial charge in [-0.05, 0) is 73.6 Å². The van der Waals surface area contributed by atoms with Crippen molar-refractivity contribution in [1.82, 2.24) is 9.80 Å². The molecule has 4 atom stereocenters. The number of nitro groups is 2. The third-order valence-corrected chi connectivity index (χ3v) is 12.4. The molecule has 0 spiro atoms. The Bertz CT molecular complexity index is 1270. The normalized spacial score (nSPS) is 29.5. The third-order valence-electron chi connectivity index (χ3n) is 12.4. The average molecular weight is 647 g/mol. The molecule has 0 bridgehead atoms. The Morgan fingerprint density at radius 3 is 1.43 bits per heavy atom. The predicted molar refractivity (Wildman–Crippen MR) is 185 cm³/mol. The summed E-state index contributed by atoms with van der Waals surface area (Å²) in [6, 6.07) is 14.7. The molecule has 4 unspecified atom stereocenters. The first-order valence-corrected chi connectivity index (χ1v) is 18.4. The summed E-state index contributed by atoms with van der Waals surface area (Å²) in [5.74, 6) is 2.06. The van der Waals surface area contributed by atoms with Gasteiger partial charge in [-0.25, -0.2) is 0 Å². The van der Waals surface area contributed by atoms with Gasteiger partial charge in [0, 0.05) is 74.5 Å². The molecule has 2 aliphatic heterocycles. The Hall–Kier alpha value is -2.88. The first-order chi connectivity index (χ1) is 22.8. The first-order valence-electron chi connectivity index (χ1n) is 18.4. The molecule has 2 saturated heterocycles. The molecule has 256 valence electrons. The summed E-state index contributed by atoms with van der Waals surface area (Å²) < 4.78 is 6.46. The van der Waals surface area contributed by atoms with Gasteiger partial charge in [0.05, 0.1) is 9.85 Å². The molecular weight excluding hydrogens is 592 g/mol. The van der Waals surface area contributed by atoms with Crippen molar-refractivity contribution in [3.8, 4) is 0 Å². The van der Waals surface area contributed by atoms with Crippen LogP contribution in [0.4, 0.5) is 11.4 Å². The van der Waals surface area contributed by atoms with Crippen molar-refractivity contribution < 1.29 is 14.6 Å². The number of nitrogens with zero attached hydrogens (tertiary/aromatic N) is 4. The van der Waals surface area contributed by atoms with Gasteiger partial charge in [-0.3, -0.25) is 20.2 Å². The molecule has 2 aliphatic carbocycles. The zero-order valence-electron chi connectivity index (χ0n) is 28.5. The Balaban J connectivity index is 1.09. The minimum atomic E-state index is -0.280. The van der Waals surface area contributed by atoms with E-state index in [1.807, 2.05) is 12.1 Å². The Kier molecular flexibility index (Phi) is 10.6. The number of hydrogen-bond donors (Lipinski definition) is 0. The molecule has 0 aromatic heterocycles. The van der Waals surface area contributed by atoms with Gasteiger partial charge in [-0.1, -0.05) is 76.6 Å². The fourth-order valence-corrected chi connectivity index (χ4v) is 9.81. The molecule has 9 nitrogen and oxygen atoms in total. The van der Waals surface area contributed by atoms with Gasteiger partial charge >= 0.3 is 0 Å². The summed E-state index contributed by atoms with van der Waals surface area (Å²) in [5.41, 5.74) is 2.42. The maximum atomic E-state index is 11.7. The molecule has 2 aromatic carbocycles. The van der Waals surface area contributed by atoms with Crippen molar-refractivity contribution in [3.05, 3.63) is 79.9 Å². The molecule has 2 aromatic rings. The molecule has 2 heterocycles. The van der Waals surface area contributed by atoms with Crippen molar-refractivity contribution in [3.63, 3.8) is 0 Å². The van der Waals surface area contributed by atoms with E-state index in [9.17, 15) is 20.2 Å². The van der Waals surface area contributed by atoms with E-state index in [1.54, 1.807) is 24.3 Å². The number of likely N-dealkylation sites (tertiary alicyclic amines) is 2. The highest BCUT2D eigenvalue weighted by Crippen LogP contribution is 2.67. The van der Waals surface area contributed by atoms with E-state index >= 15 is 0 Å². The molecule has 2 saturated carbocycles. The lowest BCUT2D eigenvalue weighted by molar-refractivity contribution is -0.385. The van der Waals surface area contributed by atoms with Gasteiger partial charge in [0.25, 0.3) is 11.4 Å². The minimum absolute atomic E-state index is 0.0575. The van der Waals surface area contributed by atoms with Gasteiger partial charge in [0.15, 0.2) is 0 Å². The predicted octanol–water partition coefficient (Wildman–Crippen LogP) is 7.76. The molecule has 47 heavy (non-hydrogen) atoms. The van der Waals surface area contributed by atoms with Crippen molar-refractivity contribution in [2.45, 2.75) is 88.9 Å². The summed E-state index contributed by atoms with van der Waals surface area (Å²) in [7, 11) is 0. The highest BCUT2D eigenvalue weighted by Gasteiger charge is 2.69. The minimum Gasteiger partial charge on any atom is -0.381 e. The number of fused-ring (bicyclic) bond motifs is 2. The Morgan fingerprint density at radius 1 is 0.660 bits per heavy atom. The van der Waals surface area contributed by atoms with Crippen LogP contribution in [0.3, 0.4) is 0 Å². The number of benzene rings is 2. The summed E-state index contributed by atoms with van der Waals surface area (Å²) in [4.78, 5) is 28.0. The number of rotatable bonds is 20. The van der Waals surface area contributed by atoms with Crippen LogP contribution >= 0.6 is 0 Å². The molecule has 9 heteroatoms. The Morgan fingerprint density at radius 2 is 1.06 bits per heavy atom. The number of nitro benzene ring substituents is 2. The van der Waals surface area contributed by atoms with Crippen molar-refractivity contribution in [1.29, 1.82) is 0 Å². The lowest BCUT2D eigenvalue weighted by Crippen LogP contribution is -2.32. The van der Waals surface area contributed by atoms with Crippen LogP contribution < -0.4 is 0 Å². The van der Waals surface area contributed by atoms with E-state index in [0.717, 1.165) is 63.2 Å². The standard InChI is InChI=1S/C38H54N4O5/c1-3-5-7-9-19-39-25-33-34(26-39)37(33,29-13-11-15-31(23-29)41(43)44)17-21-47-22-18-38(30-14-12-16-32(24-30)42(45)46)35-27-40(28-36(35)38)20-10-8-6-4-2/h11-16,23-24,33-36H,3-10,17-22,25-28H2,1-2H3. The van der Waals surface area contributed by atoms with Crippen LogP contribution in [0.1, 0.15) is 89.2 Å². The van der Waals surface area contributed by atoms with Gasteiger partial charge in [-0.2, -0.15) is 0 Å². The van der Waals surface area contributed by atoms with E-state index in [1.165, 1.54) is 51.4 Å². The second-order valence-corrected chi connectivity index (χ2v) is 14.9. The van der Waals surface area contributed by atoms with Gasteiger partial charge in [0.2, 0.25) is 0 Å². The SMILES string of the molecule is CCCCCCN1CC2C(C1)C2(CCOCCC1(c2cccc([N+](=O)[O-])c2)C2CN(CCCCCC)CC21)c1cccc([N+](=O)[O-])c1. The van der Waals surface area contributed by atoms with E-state index in [0.29, 0.717) is 36.9 Å². The number of unbranched alkanes of at least 4 members (excludes halogenated alkanes) is 6. The number of hydrogen-bond acceptors (Lipinski definition) is 7. The van der Waals surface area contributed by atoms with Crippen LogP contribution in [0.15, 0.2) is 48.5 Å². The monoisotopic (exact) mass is 646 g/mol. The van der Waals surface area contributed by atoms with Crippen LogP contribution in [-0.2, 0) is 15.6 Å². The maximum Gasteiger partial charge on any atom is 0.269 e. The third kappa shape index (κ3) is 6.86. The lowest BCUT2D eigenvalue weighted by Gasteiger charge is -2.28. The molecule has 0 amide bonds. The molecular formula is C38H54N4O5. The largest absolute Gasteiger partial charge is 0.381 e. The number of non-ortho nitro benzene ring substituents is 2. The highest BCUT2D eigenvalue weighted by atomic mass is 16.6. The molecule has 4 aliphatic rings. The fourth-order valence-electron chi connectivity index (χ4n) is 9.81. The van der Waals surface area contributed by atoms with Crippen LogP contribution in [-0.4, -0.2) is 72.1 Å². The molecule has 6 rings (SSSR count). The van der Waals surface area contributed by atoms with Crippen LogP contribution in [0.25, 0.3) is 0 Å². The summed E-state index contributed by atoms with van der Waals surface area (Å²) in [5, 5.41) is 23.3. The molecule has 0 radical (unpaired) electrons. The van der Waals surface area contributed by atoms with E-state index in [-0.39, 0.29) is 32.1 Å². The van der Waals surface area contributed by atoms with Crippen molar-refractivity contribution in [2.75, 3.05) is 52.5 Å². The second kappa shape index (κ2) is 14.7. The van der Waals surface area contributed by atoms with Crippen LogP contribution in [0.2, 0.25) is 0 Å². The lowest BCUT2D eigenvalue weighted by atomic mass is 9.86. The Labute approximate surface area is 280 Å². The van der Waals surface area contributed by atoms with E-state index in [4.69, 9.17) is 4.74 Å². The molecule has 4 fully saturated rings. The van der Waals surface area contributed by atoms with Crippen molar-refractivity contribution >= 4 is 11.4 Å². The zero-order valence-corrected chi connectivity index (χ0v) is 28.5. The second-order valence-electron chi connectivity index (χ2n) is 14.9. The zero-order chi connectivity index (χ0) is 33.0. The quantitative estimate of drug-likeness (QED) is 0.0823. The summed E-state index contributed by atoms with van der Waals surface area (Å²) >= 11 is 0. The highest BCUT2D eigenvalue weighted by molar-refractivity contribution is 5.46.